The number of benzene rings is 2. The van der Waals surface area contributed by atoms with Gasteiger partial charge < -0.3 is 5.11 Å². The smallest absolute Gasteiger partial charge is 0.0684 e. The van der Waals surface area contributed by atoms with Crippen molar-refractivity contribution in [2.24, 2.45) is 0 Å². The van der Waals surface area contributed by atoms with Gasteiger partial charge in [0.05, 0.1) is 16.7 Å². The average Bonchev–Trinajstić information content (AvgIpc) is 2.33. The van der Waals surface area contributed by atoms with E-state index >= 15 is 0 Å². The van der Waals surface area contributed by atoms with E-state index in [2.05, 4.69) is 0 Å². The molecule has 88 valence electrons. The van der Waals surface area contributed by atoms with E-state index in [0.29, 0.717) is 10.0 Å². The van der Waals surface area contributed by atoms with Crippen molar-refractivity contribution in [1.29, 1.82) is 0 Å². The Hall–Kier alpha value is -1.02. The van der Waals surface area contributed by atoms with E-state index in [1.165, 1.54) is 0 Å². The molecule has 2 aromatic rings. The monoisotopic (exact) mass is 266 g/mol. The van der Waals surface area contributed by atoms with Crippen molar-refractivity contribution in [1.82, 2.24) is 0 Å². The molecule has 2 aromatic carbocycles. The number of halogens is 2. The van der Waals surface area contributed by atoms with Crippen LogP contribution < -0.4 is 0 Å². The quantitative estimate of drug-likeness (QED) is 0.851. The Morgan fingerprint density at radius 1 is 1.06 bits per heavy atom. The summed E-state index contributed by atoms with van der Waals surface area (Å²) in [5, 5.41) is 10.3. The molecule has 0 aliphatic rings. The minimum Gasteiger partial charge on any atom is -0.392 e. The molecule has 0 radical (unpaired) electrons. The van der Waals surface area contributed by atoms with Crippen molar-refractivity contribution in [3.05, 3.63) is 57.6 Å². The highest BCUT2D eigenvalue weighted by Gasteiger charge is 2.07. The fraction of sp³-hybridized carbons (Fsp3) is 0.143. The molecule has 0 saturated heterocycles. The second-order valence-corrected chi connectivity index (χ2v) is 4.69. The number of aliphatic hydroxyl groups excluding tert-OH is 1. The van der Waals surface area contributed by atoms with E-state index < -0.39 is 0 Å². The zero-order chi connectivity index (χ0) is 12.4. The van der Waals surface area contributed by atoms with Crippen molar-refractivity contribution < 1.29 is 5.11 Å². The Kier molecular flexibility index (Phi) is 3.72. The summed E-state index contributed by atoms with van der Waals surface area (Å²) in [6.07, 6.45) is 0. The average molecular weight is 267 g/mol. The molecular weight excluding hydrogens is 255 g/mol. The molecule has 0 fully saturated rings. The van der Waals surface area contributed by atoms with E-state index in [1.807, 2.05) is 37.3 Å². The third kappa shape index (κ3) is 2.47. The van der Waals surface area contributed by atoms with Gasteiger partial charge in [0, 0.05) is 0 Å². The van der Waals surface area contributed by atoms with Crippen molar-refractivity contribution in [3.8, 4) is 11.1 Å². The number of hydrogen-bond donors (Lipinski definition) is 1. The van der Waals surface area contributed by atoms with E-state index in [9.17, 15) is 5.11 Å². The van der Waals surface area contributed by atoms with Crippen LogP contribution in [0.5, 0.6) is 0 Å². The highest BCUT2D eigenvalue weighted by atomic mass is 35.5. The van der Waals surface area contributed by atoms with Gasteiger partial charge in [-0.15, -0.1) is 0 Å². The van der Waals surface area contributed by atoms with Crippen LogP contribution in [0.15, 0.2) is 36.4 Å². The summed E-state index contributed by atoms with van der Waals surface area (Å²) in [4.78, 5) is 0. The topological polar surface area (TPSA) is 20.2 Å². The van der Waals surface area contributed by atoms with Crippen LogP contribution in [0.3, 0.4) is 0 Å². The molecule has 0 bridgehead atoms. The molecule has 2 rings (SSSR count). The molecule has 1 N–H and O–H groups in total. The fourth-order valence-electron chi connectivity index (χ4n) is 1.83. The van der Waals surface area contributed by atoms with E-state index in [1.54, 1.807) is 6.07 Å². The maximum atomic E-state index is 9.24. The third-order valence-electron chi connectivity index (χ3n) is 2.85. The predicted octanol–water partition coefficient (Wildman–Crippen LogP) is 4.46. The Labute approximate surface area is 111 Å². The van der Waals surface area contributed by atoms with Gasteiger partial charge in [-0.3, -0.25) is 0 Å². The molecule has 0 aromatic heterocycles. The molecule has 3 heteroatoms. The van der Waals surface area contributed by atoms with Crippen LogP contribution in [0.2, 0.25) is 10.0 Å². The third-order valence-corrected chi connectivity index (χ3v) is 3.59. The molecule has 0 unspecified atom stereocenters. The van der Waals surface area contributed by atoms with Crippen LogP contribution in [0.1, 0.15) is 11.1 Å². The summed E-state index contributed by atoms with van der Waals surface area (Å²) >= 11 is 11.9. The van der Waals surface area contributed by atoms with Gasteiger partial charge in [0.15, 0.2) is 0 Å². The molecule has 1 nitrogen and oxygen atoms in total. The molecule has 0 saturated carbocycles. The molecule has 0 aliphatic carbocycles. The minimum atomic E-state index is 0.0427. The molecule has 0 atom stereocenters. The Balaban J connectivity index is 2.56. The van der Waals surface area contributed by atoms with Crippen LogP contribution in [0, 0.1) is 6.92 Å². The standard InChI is InChI=1S/C14H12Cl2O/c1-9-11(8-17)3-2-4-12(9)10-5-6-13(15)14(16)7-10/h2-7,17H,8H2,1H3. The van der Waals surface area contributed by atoms with Crippen molar-refractivity contribution in [2.75, 3.05) is 0 Å². The lowest BCUT2D eigenvalue weighted by atomic mass is 9.97. The summed E-state index contributed by atoms with van der Waals surface area (Å²) in [5.41, 5.74) is 4.06. The first kappa shape index (κ1) is 12.4. The van der Waals surface area contributed by atoms with Crippen LogP contribution in [-0.4, -0.2) is 5.11 Å². The van der Waals surface area contributed by atoms with E-state index in [4.69, 9.17) is 23.2 Å². The van der Waals surface area contributed by atoms with Crippen LogP contribution >= 0.6 is 23.2 Å². The molecule has 0 spiro atoms. The first-order valence-electron chi connectivity index (χ1n) is 5.28. The first-order chi connectivity index (χ1) is 8.13. The lowest BCUT2D eigenvalue weighted by molar-refractivity contribution is 0.281. The van der Waals surface area contributed by atoms with Gasteiger partial charge in [-0.05, 0) is 41.3 Å². The zero-order valence-corrected chi connectivity index (χ0v) is 10.9. The summed E-state index contributed by atoms with van der Waals surface area (Å²) in [6.45, 7) is 2.03. The van der Waals surface area contributed by atoms with Crippen molar-refractivity contribution in [2.45, 2.75) is 13.5 Å². The molecule has 17 heavy (non-hydrogen) atoms. The normalized spacial score (nSPS) is 10.6. The predicted molar refractivity (Wildman–Crippen MR) is 72.6 cm³/mol. The first-order valence-corrected chi connectivity index (χ1v) is 6.04. The van der Waals surface area contributed by atoms with Gasteiger partial charge in [0.1, 0.15) is 0 Å². The minimum absolute atomic E-state index is 0.0427. The van der Waals surface area contributed by atoms with Gasteiger partial charge in [0.2, 0.25) is 0 Å². The van der Waals surface area contributed by atoms with Gasteiger partial charge >= 0.3 is 0 Å². The summed E-state index contributed by atoms with van der Waals surface area (Å²) in [7, 11) is 0. The summed E-state index contributed by atoms with van der Waals surface area (Å²) in [6, 6.07) is 11.4. The van der Waals surface area contributed by atoms with Crippen LogP contribution in [0.25, 0.3) is 11.1 Å². The highest BCUT2D eigenvalue weighted by Crippen LogP contribution is 2.31. The Bertz CT molecular complexity index is 550. The van der Waals surface area contributed by atoms with E-state index in [0.717, 1.165) is 22.3 Å². The number of hydrogen-bond acceptors (Lipinski definition) is 1. The second kappa shape index (κ2) is 5.09. The highest BCUT2D eigenvalue weighted by molar-refractivity contribution is 6.42. The van der Waals surface area contributed by atoms with Gasteiger partial charge in [-0.25, -0.2) is 0 Å². The maximum Gasteiger partial charge on any atom is 0.0684 e. The Morgan fingerprint density at radius 3 is 2.47 bits per heavy atom. The van der Waals surface area contributed by atoms with Crippen molar-refractivity contribution >= 4 is 23.2 Å². The van der Waals surface area contributed by atoms with Gasteiger partial charge in [-0.1, -0.05) is 47.5 Å². The second-order valence-electron chi connectivity index (χ2n) is 3.88. The Morgan fingerprint density at radius 2 is 1.82 bits per heavy atom. The van der Waals surface area contributed by atoms with Crippen molar-refractivity contribution in [3.63, 3.8) is 0 Å². The lowest BCUT2D eigenvalue weighted by Gasteiger charge is -2.10. The number of rotatable bonds is 2. The molecule has 0 heterocycles. The zero-order valence-electron chi connectivity index (χ0n) is 9.37. The summed E-state index contributed by atoms with van der Waals surface area (Å²) < 4.78 is 0. The molecular formula is C14H12Cl2O. The van der Waals surface area contributed by atoms with Gasteiger partial charge in [0.25, 0.3) is 0 Å². The maximum absolute atomic E-state index is 9.24. The lowest BCUT2D eigenvalue weighted by Crippen LogP contribution is -1.91. The van der Waals surface area contributed by atoms with Crippen LogP contribution in [-0.2, 0) is 6.61 Å². The number of aliphatic hydroxyl groups is 1. The fourth-order valence-corrected chi connectivity index (χ4v) is 2.13. The molecule has 0 amide bonds. The van der Waals surface area contributed by atoms with Crippen LogP contribution in [0.4, 0.5) is 0 Å². The molecule has 0 aliphatic heterocycles. The summed E-state index contributed by atoms with van der Waals surface area (Å²) in [5.74, 6) is 0. The largest absolute Gasteiger partial charge is 0.392 e. The SMILES string of the molecule is Cc1c(CO)cccc1-c1ccc(Cl)c(Cl)c1. The van der Waals surface area contributed by atoms with Gasteiger partial charge in [-0.2, -0.15) is 0 Å². The van der Waals surface area contributed by atoms with E-state index in [-0.39, 0.29) is 6.61 Å².